The van der Waals surface area contributed by atoms with Gasteiger partial charge in [0, 0.05) is 26.2 Å². The number of benzene rings is 2. The highest BCUT2D eigenvalue weighted by atomic mass is 35.5. The lowest BCUT2D eigenvalue weighted by Crippen LogP contribution is -2.50. The van der Waals surface area contributed by atoms with Crippen LogP contribution in [-0.2, 0) is 17.5 Å². The maximum Gasteiger partial charge on any atom is 0.436 e. The number of rotatable bonds is 5. The van der Waals surface area contributed by atoms with Crippen LogP contribution in [0.1, 0.15) is 28.6 Å². The van der Waals surface area contributed by atoms with Gasteiger partial charge in [0.1, 0.15) is 6.54 Å². The Kier molecular flexibility index (Phi) is 6.76. The fraction of sp³-hybridized carbons (Fsp3) is 0.333. The van der Waals surface area contributed by atoms with Gasteiger partial charge in [-0.1, -0.05) is 72.3 Å². The highest BCUT2D eigenvalue weighted by molar-refractivity contribution is 6.32. The van der Waals surface area contributed by atoms with Gasteiger partial charge in [0.05, 0.1) is 16.8 Å². The molecule has 1 aromatic heterocycles. The van der Waals surface area contributed by atoms with Crippen molar-refractivity contribution in [1.29, 1.82) is 0 Å². The summed E-state index contributed by atoms with van der Waals surface area (Å²) in [5.74, 6) is -0.276. The molecule has 2 heterocycles. The molecule has 1 saturated heterocycles. The molecule has 174 valence electrons. The average molecular weight is 477 g/mol. The molecule has 0 bridgehead atoms. The van der Waals surface area contributed by atoms with Crippen LogP contribution in [0.5, 0.6) is 0 Å². The van der Waals surface area contributed by atoms with Crippen LogP contribution in [0.3, 0.4) is 0 Å². The number of hydrogen-bond donors (Lipinski definition) is 0. The summed E-state index contributed by atoms with van der Waals surface area (Å²) >= 11 is 5.80. The number of carbonyl (C=O) groups is 1. The molecule has 1 aliphatic rings. The van der Waals surface area contributed by atoms with Crippen molar-refractivity contribution in [3.05, 3.63) is 88.2 Å². The van der Waals surface area contributed by atoms with Crippen LogP contribution in [0.2, 0.25) is 5.02 Å². The molecule has 1 amide bonds. The summed E-state index contributed by atoms with van der Waals surface area (Å²) in [6.45, 7) is 3.41. The predicted molar refractivity (Wildman–Crippen MR) is 120 cm³/mol. The summed E-state index contributed by atoms with van der Waals surface area (Å²) in [6, 6.07) is 20.5. The van der Waals surface area contributed by atoms with Crippen LogP contribution in [0.25, 0.3) is 0 Å². The van der Waals surface area contributed by atoms with Gasteiger partial charge in [-0.05, 0) is 18.1 Å². The first kappa shape index (κ1) is 23.3. The van der Waals surface area contributed by atoms with Gasteiger partial charge in [0.15, 0.2) is 5.69 Å². The molecule has 4 rings (SSSR count). The predicted octanol–water partition coefficient (Wildman–Crippen LogP) is 4.80. The quantitative estimate of drug-likeness (QED) is 0.531. The second kappa shape index (κ2) is 9.57. The first-order chi connectivity index (χ1) is 15.8. The van der Waals surface area contributed by atoms with E-state index in [1.807, 2.05) is 36.4 Å². The van der Waals surface area contributed by atoms with Crippen molar-refractivity contribution < 1.29 is 18.0 Å². The van der Waals surface area contributed by atoms with Crippen LogP contribution >= 0.6 is 11.6 Å². The van der Waals surface area contributed by atoms with Crippen molar-refractivity contribution in [1.82, 2.24) is 19.6 Å². The molecule has 0 unspecified atom stereocenters. The van der Waals surface area contributed by atoms with Gasteiger partial charge >= 0.3 is 6.18 Å². The van der Waals surface area contributed by atoms with E-state index < -0.39 is 16.9 Å². The minimum Gasteiger partial charge on any atom is -0.339 e. The number of halogens is 4. The number of hydrogen-bond acceptors (Lipinski definition) is 3. The first-order valence-electron chi connectivity index (χ1n) is 10.7. The van der Waals surface area contributed by atoms with Crippen molar-refractivity contribution in [3.8, 4) is 0 Å². The summed E-state index contributed by atoms with van der Waals surface area (Å²) in [6.07, 6.45) is -4.66. The highest BCUT2D eigenvalue weighted by Gasteiger charge is 2.38. The fourth-order valence-corrected chi connectivity index (χ4v) is 4.44. The molecule has 0 atom stereocenters. The van der Waals surface area contributed by atoms with Crippen molar-refractivity contribution >= 4 is 17.5 Å². The molecule has 1 aliphatic heterocycles. The van der Waals surface area contributed by atoms with Gasteiger partial charge < -0.3 is 4.90 Å². The summed E-state index contributed by atoms with van der Waals surface area (Å²) < 4.78 is 40.3. The van der Waals surface area contributed by atoms with E-state index in [4.69, 9.17) is 11.6 Å². The normalized spacial score (nSPS) is 15.3. The molecule has 9 heteroatoms. The van der Waals surface area contributed by atoms with E-state index >= 15 is 0 Å². The zero-order valence-corrected chi connectivity index (χ0v) is 18.9. The van der Waals surface area contributed by atoms with E-state index in [1.165, 1.54) is 18.1 Å². The Morgan fingerprint density at radius 1 is 0.970 bits per heavy atom. The number of piperazine rings is 1. The summed E-state index contributed by atoms with van der Waals surface area (Å²) in [7, 11) is 0. The second-order valence-electron chi connectivity index (χ2n) is 8.04. The van der Waals surface area contributed by atoms with Crippen LogP contribution in [0, 0.1) is 6.92 Å². The Labute approximate surface area is 195 Å². The highest BCUT2D eigenvalue weighted by Crippen LogP contribution is 2.35. The molecule has 0 radical (unpaired) electrons. The Hall–Kier alpha value is -2.84. The van der Waals surface area contributed by atoms with Crippen LogP contribution in [-0.4, -0.2) is 51.7 Å². The van der Waals surface area contributed by atoms with E-state index in [1.54, 1.807) is 4.90 Å². The van der Waals surface area contributed by atoms with E-state index in [2.05, 4.69) is 34.3 Å². The maximum atomic E-state index is 13.1. The lowest BCUT2D eigenvalue weighted by atomic mass is 9.96. The Balaban J connectivity index is 1.45. The van der Waals surface area contributed by atoms with Gasteiger partial charge in [0.2, 0.25) is 5.91 Å². The van der Waals surface area contributed by atoms with Crippen molar-refractivity contribution in [2.75, 3.05) is 26.2 Å². The van der Waals surface area contributed by atoms with E-state index in [0.29, 0.717) is 26.2 Å². The number of nitrogens with zero attached hydrogens (tertiary/aromatic N) is 4. The topological polar surface area (TPSA) is 41.4 Å². The van der Waals surface area contributed by atoms with Gasteiger partial charge in [-0.15, -0.1) is 0 Å². The molecule has 0 saturated carbocycles. The van der Waals surface area contributed by atoms with Crippen LogP contribution < -0.4 is 0 Å². The monoisotopic (exact) mass is 476 g/mol. The third-order valence-electron chi connectivity index (χ3n) is 5.95. The smallest absolute Gasteiger partial charge is 0.339 e. The molecule has 0 spiro atoms. The van der Waals surface area contributed by atoms with E-state index in [9.17, 15) is 18.0 Å². The second-order valence-corrected chi connectivity index (χ2v) is 8.42. The van der Waals surface area contributed by atoms with Crippen molar-refractivity contribution in [2.24, 2.45) is 0 Å². The van der Waals surface area contributed by atoms with E-state index in [-0.39, 0.29) is 24.2 Å². The minimum absolute atomic E-state index is 0.0613. The first-order valence-corrected chi connectivity index (χ1v) is 11.1. The summed E-state index contributed by atoms with van der Waals surface area (Å²) in [5.41, 5.74) is 1.31. The molecule has 0 aliphatic carbocycles. The number of carbonyl (C=O) groups excluding carboxylic acids is 1. The zero-order valence-electron chi connectivity index (χ0n) is 18.1. The lowest BCUT2D eigenvalue weighted by Gasteiger charge is -2.39. The Morgan fingerprint density at radius 3 is 1.94 bits per heavy atom. The van der Waals surface area contributed by atoms with Gasteiger partial charge in [-0.3, -0.25) is 14.4 Å². The third kappa shape index (κ3) is 5.07. The zero-order chi connectivity index (χ0) is 23.6. The lowest BCUT2D eigenvalue weighted by molar-refractivity contribution is -0.142. The SMILES string of the molecule is Cc1c(Cl)c(C(F)(F)F)nn1CC(=O)N1CCN(C(c2ccccc2)c2ccccc2)CC1. The van der Waals surface area contributed by atoms with E-state index in [0.717, 1.165) is 4.68 Å². The van der Waals surface area contributed by atoms with Gasteiger partial charge in [0.25, 0.3) is 0 Å². The molecule has 0 N–H and O–H groups in total. The minimum atomic E-state index is -4.66. The number of aromatic nitrogens is 2. The molecule has 2 aromatic carbocycles. The maximum absolute atomic E-state index is 13.1. The number of amides is 1. The van der Waals surface area contributed by atoms with Crippen LogP contribution in [0.15, 0.2) is 60.7 Å². The van der Waals surface area contributed by atoms with Gasteiger partial charge in [-0.2, -0.15) is 18.3 Å². The van der Waals surface area contributed by atoms with Crippen LogP contribution in [0.4, 0.5) is 13.2 Å². The number of alkyl halides is 3. The average Bonchev–Trinajstić information content (AvgIpc) is 3.10. The molecule has 1 fully saturated rings. The fourth-order valence-electron chi connectivity index (χ4n) is 4.20. The molecular weight excluding hydrogens is 453 g/mol. The van der Waals surface area contributed by atoms with Gasteiger partial charge in [-0.25, -0.2) is 0 Å². The third-order valence-corrected chi connectivity index (χ3v) is 6.40. The molecule has 3 aromatic rings. The summed E-state index contributed by atoms with van der Waals surface area (Å²) in [4.78, 5) is 16.8. The summed E-state index contributed by atoms with van der Waals surface area (Å²) in [5, 5.41) is 3.08. The largest absolute Gasteiger partial charge is 0.436 e. The standard InChI is InChI=1S/C24H24ClF3N4O/c1-17-21(25)23(24(26,27)28)29-32(17)16-20(33)30-12-14-31(15-13-30)22(18-8-4-2-5-9-18)19-10-6-3-7-11-19/h2-11,22H,12-16H2,1H3. The Morgan fingerprint density at radius 2 is 1.48 bits per heavy atom. The Bertz CT molecular complexity index is 1050. The molecule has 33 heavy (non-hydrogen) atoms. The van der Waals surface area contributed by atoms with Crippen molar-refractivity contribution in [2.45, 2.75) is 25.7 Å². The molecular formula is C24H24ClF3N4O. The van der Waals surface area contributed by atoms with Crippen molar-refractivity contribution in [3.63, 3.8) is 0 Å². The molecule has 5 nitrogen and oxygen atoms in total.